The van der Waals surface area contributed by atoms with Crippen LogP contribution in [-0.4, -0.2) is 41.7 Å². The minimum Gasteiger partial charge on any atom is -0.329 e. The van der Waals surface area contributed by atoms with E-state index in [1.807, 2.05) is 28.0 Å². The van der Waals surface area contributed by atoms with Crippen LogP contribution in [0.25, 0.3) is 0 Å². The van der Waals surface area contributed by atoms with Crippen LogP contribution in [0.5, 0.6) is 0 Å². The van der Waals surface area contributed by atoms with E-state index in [-0.39, 0.29) is 5.91 Å². The number of rotatable bonds is 3. The average Bonchev–Trinajstić information content (AvgIpc) is 3.25. The second-order valence-corrected chi connectivity index (χ2v) is 5.48. The van der Waals surface area contributed by atoms with E-state index in [0.717, 1.165) is 18.1 Å². The Morgan fingerprint density at radius 2 is 2.04 bits per heavy atom. The molecule has 0 aromatic carbocycles. The fraction of sp³-hybridized carbons (Fsp3) is 0.250. The lowest BCUT2D eigenvalue weighted by molar-refractivity contribution is 0.0706. The number of hydrogen-bond donors (Lipinski definition) is 0. The van der Waals surface area contributed by atoms with E-state index in [0.29, 0.717) is 25.2 Å². The minimum absolute atomic E-state index is 0.0234. The van der Waals surface area contributed by atoms with Crippen molar-refractivity contribution in [3.05, 3.63) is 66.3 Å². The molecule has 7 nitrogen and oxygen atoms in total. The topological polar surface area (TPSA) is 68.8 Å². The first kappa shape index (κ1) is 13.7. The van der Waals surface area contributed by atoms with Gasteiger partial charge in [-0.15, -0.1) is 0 Å². The van der Waals surface area contributed by atoms with Crippen molar-refractivity contribution in [2.45, 2.75) is 19.6 Å². The number of imidazole rings is 1. The zero-order chi connectivity index (χ0) is 15.6. The van der Waals surface area contributed by atoms with Crippen molar-refractivity contribution in [2.24, 2.45) is 0 Å². The third-order valence-corrected chi connectivity index (χ3v) is 4.04. The van der Waals surface area contributed by atoms with Crippen molar-refractivity contribution >= 4 is 5.91 Å². The van der Waals surface area contributed by atoms with Gasteiger partial charge in [0.1, 0.15) is 5.82 Å². The zero-order valence-electron chi connectivity index (χ0n) is 12.5. The number of carbonyl (C=O) groups is 1. The van der Waals surface area contributed by atoms with Gasteiger partial charge in [0.25, 0.3) is 5.91 Å². The molecule has 116 valence electrons. The predicted octanol–water partition coefficient (Wildman–Crippen LogP) is 1.18. The highest BCUT2D eigenvalue weighted by molar-refractivity contribution is 5.94. The summed E-state index contributed by atoms with van der Waals surface area (Å²) in [5.41, 5.74) is 1.77. The number of aromatic nitrogens is 5. The van der Waals surface area contributed by atoms with Gasteiger partial charge in [0.15, 0.2) is 0 Å². The molecule has 0 saturated heterocycles. The highest BCUT2D eigenvalue weighted by atomic mass is 16.2. The largest absolute Gasteiger partial charge is 0.329 e. The molecule has 1 aliphatic rings. The first-order chi connectivity index (χ1) is 11.3. The second-order valence-electron chi connectivity index (χ2n) is 5.48. The Bertz CT molecular complexity index is 808. The van der Waals surface area contributed by atoms with Crippen molar-refractivity contribution < 1.29 is 4.79 Å². The highest BCUT2D eigenvalue weighted by Gasteiger charge is 2.24. The van der Waals surface area contributed by atoms with Gasteiger partial charge >= 0.3 is 0 Å². The first-order valence-electron chi connectivity index (χ1n) is 7.51. The lowest BCUT2D eigenvalue weighted by Gasteiger charge is -2.28. The highest BCUT2D eigenvalue weighted by Crippen LogP contribution is 2.17. The van der Waals surface area contributed by atoms with Crippen LogP contribution in [0.4, 0.5) is 0 Å². The summed E-state index contributed by atoms with van der Waals surface area (Å²) in [5, 5.41) is 4.23. The number of carbonyl (C=O) groups excluding carboxylic acids is 1. The van der Waals surface area contributed by atoms with Crippen molar-refractivity contribution in [1.82, 2.24) is 29.2 Å². The summed E-state index contributed by atoms with van der Waals surface area (Å²) < 4.78 is 4.05. The maximum absolute atomic E-state index is 12.5. The van der Waals surface area contributed by atoms with Gasteiger partial charge in [-0.3, -0.25) is 14.5 Å². The monoisotopic (exact) mass is 308 g/mol. The van der Waals surface area contributed by atoms with Crippen LogP contribution in [-0.2, 0) is 19.6 Å². The van der Waals surface area contributed by atoms with E-state index in [1.54, 1.807) is 30.7 Å². The van der Waals surface area contributed by atoms with Gasteiger partial charge in [0.2, 0.25) is 0 Å². The van der Waals surface area contributed by atoms with E-state index >= 15 is 0 Å². The van der Waals surface area contributed by atoms with Crippen molar-refractivity contribution in [1.29, 1.82) is 0 Å². The Labute approximate surface area is 133 Å². The molecule has 0 radical (unpaired) electrons. The SMILES string of the molecule is O=C(c1ccncc1)N1CCn2c(Cn3cccn3)cnc2C1. The smallest absolute Gasteiger partial charge is 0.254 e. The lowest BCUT2D eigenvalue weighted by atomic mass is 10.2. The molecule has 4 rings (SSSR count). The van der Waals surface area contributed by atoms with E-state index in [9.17, 15) is 4.79 Å². The van der Waals surface area contributed by atoms with Gasteiger partial charge < -0.3 is 9.47 Å². The van der Waals surface area contributed by atoms with Crippen molar-refractivity contribution in [3.8, 4) is 0 Å². The molecule has 0 N–H and O–H groups in total. The summed E-state index contributed by atoms with van der Waals surface area (Å²) in [5.74, 6) is 0.941. The lowest BCUT2D eigenvalue weighted by Crippen LogP contribution is -2.38. The van der Waals surface area contributed by atoms with Gasteiger partial charge in [0.05, 0.1) is 25.0 Å². The molecule has 7 heteroatoms. The maximum Gasteiger partial charge on any atom is 0.254 e. The molecule has 1 aliphatic heterocycles. The molecule has 0 spiro atoms. The van der Waals surface area contributed by atoms with E-state index in [1.165, 1.54) is 0 Å². The quantitative estimate of drug-likeness (QED) is 0.728. The van der Waals surface area contributed by atoms with Crippen LogP contribution in [0.3, 0.4) is 0 Å². The molecule has 0 fully saturated rings. The van der Waals surface area contributed by atoms with Crippen LogP contribution in [0.1, 0.15) is 21.9 Å². The molecule has 3 aromatic rings. The Morgan fingerprint density at radius 1 is 1.17 bits per heavy atom. The number of pyridine rings is 1. The molecular formula is C16H16N6O. The minimum atomic E-state index is 0.0234. The van der Waals surface area contributed by atoms with Crippen molar-refractivity contribution in [3.63, 3.8) is 0 Å². The summed E-state index contributed by atoms with van der Waals surface area (Å²) in [6, 6.07) is 5.39. The molecule has 4 heterocycles. The average molecular weight is 308 g/mol. The van der Waals surface area contributed by atoms with Gasteiger partial charge in [0, 0.05) is 43.4 Å². The van der Waals surface area contributed by atoms with Gasteiger partial charge in [-0.05, 0) is 18.2 Å². The van der Waals surface area contributed by atoms with Gasteiger partial charge in [-0.2, -0.15) is 5.10 Å². The van der Waals surface area contributed by atoms with Crippen LogP contribution in [0, 0.1) is 0 Å². The fourth-order valence-corrected chi connectivity index (χ4v) is 2.86. The Morgan fingerprint density at radius 3 is 2.83 bits per heavy atom. The molecular weight excluding hydrogens is 292 g/mol. The van der Waals surface area contributed by atoms with Crippen LogP contribution >= 0.6 is 0 Å². The van der Waals surface area contributed by atoms with E-state index in [4.69, 9.17) is 0 Å². The summed E-state index contributed by atoms with van der Waals surface area (Å²) in [4.78, 5) is 22.8. The Balaban J connectivity index is 1.52. The van der Waals surface area contributed by atoms with Gasteiger partial charge in [-0.1, -0.05) is 0 Å². The summed E-state index contributed by atoms with van der Waals surface area (Å²) in [6.45, 7) is 2.65. The van der Waals surface area contributed by atoms with Crippen LogP contribution in [0.15, 0.2) is 49.2 Å². The summed E-state index contributed by atoms with van der Waals surface area (Å²) in [7, 11) is 0. The normalized spacial score (nSPS) is 13.8. The first-order valence-corrected chi connectivity index (χ1v) is 7.51. The second kappa shape index (κ2) is 5.68. The van der Waals surface area contributed by atoms with Crippen LogP contribution < -0.4 is 0 Å². The van der Waals surface area contributed by atoms with E-state index in [2.05, 4.69) is 19.6 Å². The number of amides is 1. The summed E-state index contributed by atoms with van der Waals surface area (Å²) >= 11 is 0. The van der Waals surface area contributed by atoms with Crippen LogP contribution in [0.2, 0.25) is 0 Å². The molecule has 0 unspecified atom stereocenters. The molecule has 0 bridgehead atoms. The van der Waals surface area contributed by atoms with Crippen molar-refractivity contribution in [2.75, 3.05) is 6.54 Å². The molecule has 3 aromatic heterocycles. The number of hydrogen-bond acceptors (Lipinski definition) is 4. The molecule has 0 saturated carbocycles. The molecule has 0 atom stereocenters. The molecule has 23 heavy (non-hydrogen) atoms. The number of fused-ring (bicyclic) bond motifs is 1. The molecule has 1 amide bonds. The fourth-order valence-electron chi connectivity index (χ4n) is 2.86. The predicted molar refractivity (Wildman–Crippen MR) is 82.5 cm³/mol. The Hall–Kier alpha value is -2.96. The summed E-state index contributed by atoms with van der Waals surface area (Å²) in [6.07, 6.45) is 8.85. The third-order valence-electron chi connectivity index (χ3n) is 4.04. The number of nitrogens with zero attached hydrogens (tertiary/aromatic N) is 6. The van der Waals surface area contributed by atoms with Gasteiger partial charge in [-0.25, -0.2) is 4.98 Å². The van der Waals surface area contributed by atoms with E-state index < -0.39 is 0 Å². The standard InChI is InChI=1S/C16H16N6O/c23-16(13-2-5-17-6-3-13)20-8-9-22-14(10-18-15(22)12-20)11-21-7-1-4-19-21/h1-7,10H,8-9,11-12H2. The molecule has 0 aliphatic carbocycles. The maximum atomic E-state index is 12.5. The zero-order valence-corrected chi connectivity index (χ0v) is 12.5. The third kappa shape index (κ3) is 2.61. The Kier molecular flexibility index (Phi) is 3.38.